The van der Waals surface area contributed by atoms with Crippen LogP contribution in [0.3, 0.4) is 0 Å². The van der Waals surface area contributed by atoms with Crippen molar-refractivity contribution in [1.29, 1.82) is 0 Å². The van der Waals surface area contributed by atoms with Crippen LogP contribution >= 0.6 is 0 Å². The van der Waals surface area contributed by atoms with Crippen molar-refractivity contribution in [1.82, 2.24) is 35.1 Å². The number of aromatic nitrogens is 7. The van der Waals surface area contributed by atoms with Crippen LogP contribution in [0.15, 0.2) is 91.5 Å². The average molecular weight is 545 g/mol. The fraction of sp³-hybridized carbons (Fsp3) is 0. The number of H-pyrrole nitrogens is 2. The van der Waals surface area contributed by atoms with Crippen LogP contribution in [0.5, 0.6) is 0 Å². The van der Waals surface area contributed by atoms with Crippen molar-refractivity contribution in [3.63, 3.8) is 0 Å². The lowest BCUT2D eigenvalue weighted by Crippen LogP contribution is -2.11. The van der Waals surface area contributed by atoms with Crippen molar-refractivity contribution in [2.24, 2.45) is 0 Å². The molecule has 0 bridgehead atoms. The van der Waals surface area contributed by atoms with E-state index in [1.54, 1.807) is 54.7 Å². The Hall–Kier alpha value is -5.84. The maximum atomic E-state index is 16.1. The van der Waals surface area contributed by atoms with Crippen LogP contribution in [-0.4, -0.2) is 41.0 Å². The Bertz CT molecular complexity index is 2090. The molecule has 5 heterocycles. The van der Waals surface area contributed by atoms with Gasteiger partial charge >= 0.3 is 0 Å². The van der Waals surface area contributed by atoms with E-state index in [1.807, 2.05) is 6.07 Å². The van der Waals surface area contributed by atoms with Gasteiger partial charge in [0.05, 0.1) is 28.5 Å². The summed E-state index contributed by atoms with van der Waals surface area (Å²) in [5.74, 6) is -1.00. The van der Waals surface area contributed by atoms with Gasteiger partial charge in [-0.25, -0.2) is 18.7 Å². The number of fused-ring (bicyclic) bond motifs is 2. The van der Waals surface area contributed by atoms with Crippen LogP contribution in [0.4, 0.5) is 14.5 Å². The average Bonchev–Trinajstić information content (AvgIpc) is 3.63. The largest absolute Gasteiger partial charge is 0.336 e. The summed E-state index contributed by atoms with van der Waals surface area (Å²) >= 11 is 0. The molecule has 2 aromatic carbocycles. The molecular formula is C30H18F2N8O. The molecule has 5 aromatic heterocycles. The van der Waals surface area contributed by atoms with E-state index in [2.05, 4.69) is 40.4 Å². The minimum Gasteiger partial charge on any atom is -0.336 e. The minimum atomic E-state index is -0.587. The maximum Gasteiger partial charge on any atom is 0.255 e. The molecule has 3 N–H and O–H groups in total. The molecule has 41 heavy (non-hydrogen) atoms. The molecule has 0 aliphatic rings. The molecule has 7 aromatic rings. The molecule has 0 atom stereocenters. The van der Waals surface area contributed by atoms with Gasteiger partial charge in [-0.2, -0.15) is 5.10 Å². The molecule has 9 nitrogen and oxygen atoms in total. The third kappa shape index (κ3) is 4.35. The highest BCUT2D eigenvalue weighted by Gasteiger charge is 2.22. The van der Waals surface area contributed by atoms with Gasteiger partial charge in [-0.3, -0.25) is 19.9 Å². The number of pyridine rings is 3. The van der Waals surface area contributed by atoms with Crippen LogP contribution in [0.25, 0.3) is 56.0 Å². The summed E-state index contributed by atoms with van der Waals surface area (Å²) in [5, 5.41) is 9.96. The normalized spacial score (nSPS) is 11.3. The van der Waals surface area contributed by atoms with Crippen LogP contribution in [-0.2, 0) is 0 Å². The minimum absolute atomic E-state index is 0.126. The number of imidazole rings is 1. The predicted molar refractivity (Wildman–Crippen MR) is 150 cm³/mol. The number of aromatic amines is 2. The fourth-order valence-corrected chi connectivity index (χ4v) is 4.67. The zero-order valence-corrected chi connectivity index (χ0v) is 21.1. The first-order valence-electron chi connectivity index (χ1n) is 12.5. The summed E-state index contributed by atoms with van der Waals surface area (Å²) in [7, 11) is 0. The Morgan fingerprint density at radius 3 is 2.59 bits per heavy atom. The third-order valence-electron chi connectivity index (χ3n) is 6.59. The lowest BCUT2D eigenvalue weighted by Gasteiger charge is -2.08. The van der Waals surface area contributed by atoms with Gasteiger partial charge in [0.1, 0.15) is 22.8 Å². The van der Waals surface area contributed by atoms with Gasteiger partial charge in [0.2, 0.25) is 0 Å². The summed E-state index contributed by atoms with van der Waals surface area (Å²) in [6, 6.07) is 18.2. The molecule has 0 radical (unpaired) electrons. The zero-order chi connectivity index (χ0) is 27.9. The van der Waals surface area contributed by atoms with Crippen molar-refractivity contribution >= 4 is 33.7 Å². The molecule has 11 heteroatoms. The summed E-state index contributed by atoms with van der Waals surface area (Å²) in [5.41, 5.74) is 4.06. The van der Waals surface area contributed by atoms with Crippen molar-refractivity contribution in [3.05, 3.63) is 109 Å². The number of nitrogens with zero attached hydrogens (tertiary/aromatic N) is 5. The second-order valence-electron chi connectivity index (χ2n) is 9.22. The van der Waals surface area contributed by atoms with E-state index in [4.69, 9.17) is 0 Å². The lowest BCUT2D eigenvalue weighted by atomic mass is 10.1. The lowest BCUT2D eigenvalue weighted by molar-refractivity contribution is 0.102. The SMILES string of the molecule is O=C(Nc1cncc(-c2cnc3[nH]nc(-c4nc5c(-c6cccc(F)c6)nccc5[nH]4)c3c2F)c1)c1ccccc1. The van der Waals surface area contributed by atoms with Crippen LogP contribution in [0, 0.1) is 11.6 Å². The van der Waals surface area contributed by atoms with Crippen molar-refractivity contribution < 1.29 is 13.6 Å². The number of amides is 1. The van der Waals surface area contributed by atoms with Gasteiger partial charge in [-0.1, -0.05) is 30.3 Å². The number of nitrogens with one attached hydrogen (secondary N) is 3. The Kier molecular flexibility index (Phi) is 5.74. The number of hydrogen-bond acceptors (Lipinski definition) is 6. The van der Waals surface area contributed by atoms with Gasteiger partial charge in [-0.15, -0.1) is 0 Å². The van der Waals surface area contributed by atoms with Crippen LogP contribution in [0.1, 0.15) is 10.4 Å². The summed E-state index contributed by atoms with van der Waals surface area (Å²) in [6.07, 6.45) is 5.94. The van der Waals surface area contributed by atoms with Gasteiger partial charge in [0.25, 0.3) is 5.91 Å². The zero-order valence-electron chi connectivity index (χ0n) is 21.1. The molecule has 1 amide bonds. The molecule has 0 saturated carbocycles. The highest BCUT2D eigenvalue weighted by molar-refractivity contribution is 6.04. The second-order valence-corrected chi connectivity index (χ2v) is 9.22. The van der Waals surface area contributed by atoms with Crippen LogP contribution in [0.2, 0.25) is 0 Å². The Balaban J connectivity index is 1.29. The third-order valence-corrected chi connectivity index (χ3v) is 6.59. The smallest absolute Gasteiger partial charge is 0.255 e. The number of halogens is 2. The molecule has 0 saturated heterocycles. The first kappa shape index (κ1) is 24.2. The first-order valence-corrected chi connectivity index (χ1v) is 12.5. The Morgan fingerprint density at radius 2 is 1.73 bits per heavy atom. The van der Waals surface area contributed by atoms with Crippen LogP contribution < -0.4 is 5.32 Å². The first-order chi connectivity index (χ1) is 20.0. The van der Waals surface area contributed by atoms with Gasteiger partial charge < -0.3 is 10.3 Å². The number of rotatable bonds is 5. The second kappa shape index (κ2) is 9.72. The molecule has 198 valence electrons. The van der Waals surface area contributed by atoms with E-state index in [0.29, 0.717) is 39.1 Å². The van der Waals surface area contributed by atoms with Crippen molar-refractivity contribution in [2.45, 2.75) is 0 Å². The number of carbonyl (C=O) groups is 1. The van der Waals surface area contributed by atoms with Crippen molar-refractivity contribution in [2.75, 3.05) is 5.32 Å². The Morgan fingerprint density at radius 1 is 0.854 bits per heavy atom. The topological polar surface area (TPSA) is 125 Å². The molecular weight excluding hydrogens is 526 g/mol. The highest BCUT2D eigenvalue weighted by Crippen LogP contribution is 2.34. The van der Waals surface area contributed by atoms with Gasteiger partial charge in [0.15, 0.2) is 11.5 Å². The maximum absolute atomic E-state index is 16.1. The predicted octanol–water partition coefficient (Wildman–Crippen LogP) is 6.16. The van der Waals surface area contributed by atoms with E-state index < -0.39 is 11.6 Å². The van der Waals surface area contributed by atoms with Crippen molar-refractivity contribution in [3.8, 4) is 33.9 Å². The molecule has 0 aliphatic carbocycles. The van der Waals surface area contributed by atoms with E-state index >= 15 is 4.39 Å². The van der Waals surface area contributed by atoms with E-state index in [-0.39, 0.29) is 34.0 Å². The quantitative estimate of drug-likeness (QED) is 0.239. The summed E-state index contributed by atoms with van der Waals surface area (Å²) in [4.78, 5) is 33.4. The number of carbonyl (C=O) groups excluding carboxylic acids is 1. The van der Waals surface area contributed by atoms with Gasteiger partial charge in [-0.05, 0) is 36.4 Å². The molecule has 0 fully saturated rings. The molecule has 0 spiro atoms. The fourth-order valence-electron chi connectivity index (χ4n) is 4.67. The number of benzene rings is 2. The Labute approximate surface area is 230 Å². The van der Waals surface area contributed by atoms with E-state index in [0.717, 1.165) is 0 Å². The van der Waals surface area contributed by atoms with Gasteiger partial charge in [0, 0.05) is 40.8 Å². The standard InChI is InChI=1S/C30H18F2N8O/c31-19-8-4-7-17(11-19)25-26-22(9-10-34-25)37-29(38-26)27-23-24(32)21(15-35-28(23)40-39-27)18-12-20(14-33-13-18)36-30(41)16-5-2-1-3-6-16/h1-15H,(H,36,41)(H,37,38)(H,35,39,40). The summed E-state index contributed by atoms with van der Waals surface area (Å²) < 4.78 is 30.0. The van der Waals surface area contributed by atoms with E-state index in [1.165, 1.54) is 30.7 Å². The molecule has 0 unspecified atom stereocenters. The highest BCUT2D eigenvalue weighted by atomic mass is 19.1. The monoisotopic (exact) mass is 544 g/mol. The van der Waals surface area contributed by atoms with E-state index in [9.17, 15) is 9.18 Å². The number of anilines is 1. The molecule has 0 aliphatic heterocycles. The molecule has 7 rings (SSSR count). The number of hydrogen-bond donors (Lipinski definition) is 3. The summed E-state index contributed by atoms with van der Waals surface area (Å²) in [6.45, 7) is 0.